The molecule has 1 fully saturated rings. The minimum atomic E-state index is 0. The first kappa shape index (κ1) is 41.7. The number of piperidine rings is 1. The van der Waals surface area contributed by atoms with Crippen molar-refractivity contribution in [3.63, 3.8) is 0 Å². The number of quaternary nitrogens is 1. The summed E-state index contributed by atoms with van der Waals surface area (Å²) in [6, 6.07) is 15.7. The molecule has 1 amide bonds. The molecule has 43 heavy (non-hydrogen) atoms. The molecule has 0 aromatic heterocycles. The number of likely N-dealkylation sites (N-methyl/N-ethyl adjacent to an activating group) is 1. The number of phenolic OH excluding ortho intramolecular Hbond substituents is 1. The van der Waals surface area contributed by atoms with Crippen molar-refractivity contribution in [1.82, 2.24) is 10.2 Å². The van der Waals surface area contributed by atoms with Crippen LogP contribution in [0.1, 0.15) is 52.2 Å². The van der Waals surface area contributed by atoms with Gasteiger partial charge in [0, 0.05) is 35.9 Å². The Kier molecular flexibility index (Phi) is 21.4. The van der Waals surface area contributed by atoms with Gasteiger partial charge < -0.3 is 15.3 Å². The number of thioether (sulfide) groups is 1. The van der Waals surface area contributed by atoms with Gasteiger partial charge in [-0.15, -0.1) is 24.9 Å². The fraction of sp³-hybridized carbons (Fsp3) is 0.378. The van der Waals surface area contributed by atoms with Crippen LogP contribution in [0.4, 0.5) is 0 Å². The first-order valence-corrected chi connectivity index (χ1v) is 15.4. The lowest BCUT2D eigenvalue weighted by atomic mass is 9.98. The molecule has 0 radical (unpaired) electrons. The Morgan fingerprint density at radius 2 is 1.63 bits per heavy atom. The summed E-state index contributed by atoms with van der Waals surface area (Å²) < 4.78 is 0.629. The Bertz CT molecular complexity index is 1180. The number of para-hydroxylation sites is 1. The first-order valence-electron chi connectivity index (χ1n) is 14.2. The van der Waals surface area contributed by atoms with Crippen LogP contribution in [0, 0.1) is 12.8 Å². The van der Waals surface area contributed by atoms with Crippen molar-refractivity contribution in [2.75, 3.05) is 40.5 Å². The van der Waals surface area contributed by atoms with Gasteiger partial charge in [-0.2, -0.15) is 0 Å². The molecule has 1 heterocycles. The predicted molar refractivity (Wildman–Crippen MR) is 192 cm³/mol. The summed E-state index contributed by atoms with van der Waals surface area (Å²) in [5.41, 5.74) is 5.90. The Balaban J connectivity index is 0. The normalized spacial score (nSPS) is 17.8. The molecule has 2 aromatic carbocycles. The van der Waals surface area contributed by atoms with Crippen LogP contribution in [0.15, 0.2) is 109 Å². The number of allylic oxidation sites excluding steroid dienone is 5. The van der Waals surface area contributed by atoms with E-state index < -0.39 is 0 Å². The van der Waals surface area contributed by atoms with E-state index in [1.54, 1.807) is 30.0 Å². The minimum absolute atomic E-state index is 0. The van der Waals surface area contributed by atoms with Crippen molar-refractivity contribution in [3.8, 4) is 5.75 Å². The Morgan fingerprint density at radius 3 is 2.07 bits per heavy atom. The lowest BCUT2D eigenvalue weighted by Crippen LogP contribution is -2.48. The average Bonchev–Trinajstić information content (AvgIpc) is 3.01. The maximum absolute atomic E-state index is 10.6. The van der Waals surface area contributed by atoms with E-state index in [0.29, 0.717) is 4.48 Å². The number of aromatic hydroxyl groups is 1. The monoisotopic (exact) mass is 608 g/mol. The van der Waals surface area contributed by atoms with E-state index in [-0.39, 0.29) is 13.2 Å². The van der Waals surface area contributed by atoms with E-state index in [0.717, 1.165) is 53.6 Å². The van der Waals surface area contributed by atoms with Crippen LogP contribution in [-0.2, 0) is 4.79 Å². The zero-order valence-electron chi connectivity index (χ0n) is 27.2. The van der Waals surface area contributed by atoms with Crippen LogP contribution in [0.2, 0.25) is 0 Å². The van der Waals surface area contributed by atoms with Crippen LogP contribution < -0.4 is 5.32 Å². The number of nitrogens with zero attached hydrogens (tertiary/aromatic N) is 2. The molecule has 1 saturated heterocycles. The molecule has 2 N–H and O–H groups in total. The fourth-order valence-corrected chi connectivity index (χ4v) is 4.52. The zero-order chi connectivity index (χ0) is 32.3. The van der Waals surface area contributed by atoms with Crippen LogP contribution in [0.3, 0.4) is 0 Å². The van der Waals surface area contributed by atoms with E-state index in [9.17, 15) is 9.90 Å². The minimum Gasteiger partial charge on any atom is -0.507 e. The summed E-state index contributed by atoms with van der Waals surface area (Å²) in [6.45, 7) is 24.3. The number of benzene rings is 2. The molecular weight excluding hydrogens is 550 g/mol. The van der Waals surface area contributed by atoms with Crippen molar-refractivity contribution in [3.05, 3.63) is 115 Å². The number of amides is 1. The lowest BCUT2D eigenvalue weighted by molar-refractivity contribution is -0.832. The first-order chi connectivity index (χ1) is 19.9. The van der Waals surface area contributed by atoms with E-state index in [4.69, 9.17) is 0 Å². The molecule has 0 unspecified atom stereocenters. The second-order valence-electron chi connectivity index (χ2n) is 10.6. The predicted octanol–water partition coefficient (Wildman–Crippen LogP) is 9.05. The maximum Gasteiger partial charge on any atom is 0.301 e. The highest BCUT2D eigenvalue weighted by Gasteiger charge is 2.27. The molecule has 0 bridgehead atoms. The summed E-state index contributed by atoms with van der Waals surface area (Å²) in [7, 11) is 5.87. The van der Waals surface area contributed by atoms with Crippen molar-refractivity contribution in [2.24, 2.45) is 5.92 Å². The highest BCUT2D eigenvalue weighted by atomic mass is 32.2. The summed E-state index contributed by atoms with van der Waals surface area (Å²) in [4.78, 5) is 13.9. The van der Waals surface area contributed by atoms with Gasteiger partial charge in [-0.1, -0.05) is 63.4 Å². The number of hydrogen-bond acceptors (Lipinski definition) is 5. The lowest BCUT2D eigenvalue weighted by Gasteiger charge is -2.33. The van der Waals surface area contributed by atoms with E-state index in [1.807, 2.05) is 53.2 Å². The summed E-state index contributed by atoms with van der Waals surface area (Å²) >= 11 is 1.78. The second kappa shape index (κ2) is 22.1. The SMILES string of the molecule is C.C=C.C=C/C(NC)=C(/C)N(C)/C(C)=C\C(=C)c1ccccc1O.CC1CC[N+](C)(C=O)CC1.CSc1ccc(C)cc1. The third-order valence-corrected chi connectivity index (χ3v) is 8.05. The smallest absolute Gasteiger partial charge is 0.301 e. The molecule has 2 aromatic rings. The second-order valence-corrected chi connectivity index (χ2v) is 11.5. The average molecular weight is 609 g/mol. The number of likely N-dealkylation sites (tertiary alicyclic amines) is 1. The van der Waals surface area contributed by atoms with Crippen LogP contribution in [0.5, 0.6) is 5.75 Å². The number of aryl methyl sites for hydroxylation is 1. The highest BCUT2D eigenvalue weighted by molar-refractivity contribution is 7.98. The highest BCUT2D eigenvalue weighted by Crippen LogP contribution is 2.26. The maximum atomic E-state index is 10.6. The number of nitrogens with one attached hydrogen (secondary N) is 1. The van der Waals surface area contributed by atoms with Gasteiger partial charge in [-0.3, -0.25) is 4.48 Å². The van der Waals surface area contributed by atoms with E-state index in [2.05, 4.69) is 80.9 Å². The number of hydrogen-bond donors (Lipinski definition) is 2. The largest absolute Gasteiger partial charge is 0.507 e. The molecule has 0 saturated carbocycles. The molecule has 6 heteroatoms. The van der Waals surface area contributed by atoms with E-state index >= 15 is 0 Å². The van der Waals surface area contributed by atoms with Gasteiger partial charge >= 0.3 is 6.41 Å². The topological polar surface area (TPSA) is 52.6 Å². The number of carbonyl (C=O) groups is 1. The van der Waals surface area contributed by atoms with Gasteiger partial charge in [0.2, 0.25) is 0 Å². The number of phenols is 1. The quantitative estimate of drug-likeness (QED) is 0.103. The Hall–Kier alpha value is -3.48. The van der Waals surface area contributed by atoms with Gasteiger partial charge in [-0.05, 0) is 81.7 Å². The molecule has 0 spiro atoms. The van der Waals surface area contributed by atoms with Crippen LogP contribution in [-0.4, -0.2) is 61.4 Å². The number of rotatable bonds is 8. The summed E-state index contributed by atoms with van der Waals surface area (Å²) in [5.74, 6) is 1.06. The van der Waals surface area contributed by atoms with Crippen molar-refractivity contribution in [2.45, 2.75) is 52.9 Å². The van der Waals surface area contributed by atoms with Gasteiger partial charge in [0.15, 0.2) is 0 Å². The van der Waals surface area contributed by atoms with Crippen molar-refractivity contribution >= 4 is 23.7 Å². The third-order valence-electron chi connectivity index (χ3n) is 7.31. The van der Waals surface area contributed by atoms with Crippen LogP contribution in [0.25, 0.3) is 5.57 Å². The summed E-state index contributed by atoms with van der Waals surface area (Å²) in [5, 5.41) is 13.0. The van der Waals surface area contributed by atoms with Gasteiger partial charge in [-0.25, -0.2) is 4.79 Å². The molecule has 0 atom stereocenters. The molecule has 1 aliphatic heterocycles. The van der Waals surface area contributed by atoms with Gasteiger partial charge in [0.1, 0.15) is 5.75 Å². The van der Waals surface area contributed by atoms with Crippen molar-refractivity contribution < 1.29 is 14.4 Å². The molecule has 3 rings (SSSR count). The summed E-state index contributed by atoms with van der Waals surface area (Å²) in [6.07, 6.45) is 9.31. The fourth-order valence-electron chi connectivity index (χ4n) is 4.11. The number of carbonyl (C=O) groups excluding carboxylic acids is 1. The zero-order valence-corrected chi connectivity index (χ0v) is 28.1. The molecule has 238 valence electrons. The third kappa shape index (κ3) is 15.0. The van der Waals surface area contributed by atoms with Gasteiger partial charge in [0.05, 0.1) is 25.8 Å². The van der Waals surface area contributed by atoms with Gasteiger partial charge in [0.25, 0.3) is 0 Å². The van der Waals surface area contributed by atoms with Crippen LogP contribution >= 0.6 is 11.8 Å². The van der Waals surface area contributed by atoms with Crippen molar-refractivity contribution in [1.29, 1.82) is 0 Å². The Morgan fingerprint density at radius 1 is 1.09 bits per heavy atom. The molecule has 1 aliphatic rings. The standard InChI is InChI=1S/C18H24N2O.C8H16NO.C8H10S.C2H4.CH4/c1-7-17(19-5)15(4)20(6)14(3)12-13(2)16-10-8-9-11-18(16)21;1-8-3-5-9(2,7-10)6-4-8;1-7-3-5-8(9-2)6-4-7;1-2;/h7-12,19,21H,1-2H2,3-6H3;7-8H,3-6H2,1-2H3;3-6H,1-2H3;1-2H2;1H4/q;+1;;;/b14-12-,17-15+;;;;. The molecular formula is C37H58N3O2S+. The molecule has 0 aliphatic carbocycles. The molecule has 5 nitrogen and oxygen atoms in total. The Labute approximate surface area is 268 Å². The van der Waals surface area contributed by atoms with E-state index in [1.165, 1.54) is 23.3 Å².